The molecule has 0 fully saturated rings. The molecule has 0 amide bonds. The van der Waals surface area contributed by atoms with E-state index in [4.69, 9.17) is 11.6 Å². The van der Waals surface area contributed by atoms with Crippen LogP contribution in [0.2, 0.25) is 5.02 Å². The average Bonchev–Trinajstić information content (AvgIpc) is 3.08. The van der Waals surface area contributed by atoms with E-state index in [0.29, 0.717) is 5.02 Å². The summed E-state index contributed by atoms with van der Waals surface area (Å²) in [6.07, 6.45) is 5.19. The highest BCUT2D eigenvalue weighted by Crippen LogP contribution is 2.57. The van der Waals surface area contributed by atoms with Gasteiger partial charge in [0.05, 0.1) is 5.69 Å². The molecule has 2 aliphatic rings. The number of halogens is 1. The molecule has 0 saturated heterocycles. The Balaban J connectivity index is 1.94. The third kappa shape index (κ3) is 1.36. The van der Waals surface area contributed by atoms with E-state index >= 15 is 0 Å². The first-order valence-corrected chi connectivity index (χ1v) is 7.07. The van der Waals surface area contributed by atoms with Crippen molar-refractivity contribution in [3.05, 3.63) is 52.1 Å². The predicted molar refractivity (Wildman–Crippen MR) is 78.1 cm³/mol. The van der Waals surface area contributed by atoms with Gasteiger partial charge in [0.1, 0.15) is 0 Å². The number of aryl methyl sites for hydroxylation is 1. The number of aromatic nitrogens is 1. The van der Waals surface area contributed by atoms with Crippen molar-refractivity contribution < 1.29 is 10.2 Å². The molecule has 2 N–H and O–H groups in total. The summed E-state index contributed by atoms with van der Waals surface area (Å²) in [5, 5.41) is 21.7. The molecule has 2 aromatic rings. The number of hydrogen-bond donors (Lipinski definition) is 2. The monoisotopic (exact) mass is 287 g/mol. The molecule has 2 atom stereocenters. The molecule has 1 aromatic heterocycles. The highest BCUT2D eigenvalue weighted by atomic mass is 35.5. The standard InChI is InChI=1S/C16H14ClNO2/c1-8-6-11(4-5-12(8)17)18-15(19)13-9-2-3-10(7-9)14(13)16(18)20/h2-6,9-10,19-20H,7H2,1H3/t9-,10+. The molecular formula is C16H14ClNO2. The molecular weight excluding hydrogens is 274 g/mol. The van der Waals surface area contributed by atoms with Crippen molar-refractivity contribution in [1.29, 1.82) is 0 Å². The zero-order valence-corrected chi connectivity index (χ0v) is 11.7. The Bertz CT molecular complexity index is 725. The van der Waals surface area contributed by atoms with Crippen LogP contribution in [0.1, 0.15) is 34.9 Å². The summed E-state index contributed by atoms with van der Waals surface area (Å²) in [5.41, 5.74) is 3.40. The van der Waals surface area contributed by atoms with Crippen LogP contribution in [0, 0.1) is 6.92 Å². The summed E-state index contributed by atoms with van der Waals surface area (Å²) in [4.78, 5) is 0. The van der Waals surface area contributed by atoms with Crippen molar-refractivity contribution >= 4 is 11.6 Å². The fourth-order valence-electron chi connectivity index (χ4n) is 3.45. The fraction of sp³-hybridized carbons (Fsp3) is 0.250. The van der Waals surface area contributed by atoms with Gasteiger partial charge in [-0.25, -0.2) is 0 Å². The van der Waals surface area contributed by atoms with E-state index in [1.165, 1.54) is 4.57 Å². The van der Waals surface area contributed by atoms with Crippen LogP contribution in [-0.4, -0.2) is 14.8 Å². The summed E-state index contributed by atoms with van der Waals surface area (Å²) >= 11 is 6.03. The molecule has 2 bridgehead atoms. The summed E-state index contributed by atoms with van der Waals surface area (Å²) in [6.45, 7) is 1.91. The Hall–Kier alpha value is -1.87. The van der Waals surface area contributed by atoms with E-state index in [9.17, 15) is 10.2 Å². The molecule has 4 heteroatoms. The summed E-state index contributed by atoms with van der Waals surface area (Å²) in [7, 11) is 0. The second-order valence-corrected chi connectivity index (χ2v) is 5.98. The normalized spacial score (nSPS) is 22.5. The van der Waals surface area contributed by atoms with Crippen LogP contribution in [0.15, 0.2) is 30.4 Å². The Morgan fingerprint density at radius 1 is 1.10 bits per heavy atom. The van der Waals surface area contributed by atoms with Gasteiger partial charge in [-0.05, 0) is 37.1 Å². The van der Waals surface area contributed by atoms with E-state index < -0.39 is 0 Å². The number of rotatable bonds is 1. The fourth-order valence-corrected chi connectivity index (χ4v) is 3.57. The topological polar surface area (TPSA) is 45.4 Å². The highest BCUT2D eigenvalue weighted by Gasteiger charge is 2.41. The van der Waals surface area contributed by atoms with Gasteiger partial charge >= 0.3 is 0 Å². The molecule has 0 aliphatic heterocycles. The SMILES string of the molecule is Cc1cc(-n2c(O)c3c(c2O)[C@H]2C=C[C@@H]3C2)ccc1Cl. The molecule has 102 valence electrons. The van der Waals surface area contributed by atoms with E-state index in [1.54, 1.807) is 12.1 Å². The van der Waals surface area contributed by atoms with Crippen molar-refractivity contribution in [3.63, 3.8) is 0 Å². The smallest absolute Gasteiger partial charge is 0.202 e. The van der Waals surface area contributed by atoms with Crippen LogP contribution < -0.4 is 0 Å². The van der Waals surface area contributed by atoms with Gasteiger partial charge in [-0.1, -0.05) is 23.8 Å². The summed E-state index contributed by atoms with van der Waals surface area (Å²) in [6, 6.07) is 5.45. The zero-order chi connectivity index (χ0) is 14.0. The van der Waals surface area contributed by atoms with Gasteiger partial charge in [0, 0.05) is 28.0 Å². The first-order chi connectivity index (χ1) is 9.58. The third-order valence-electron chi connectivity index (χ3n) is 4.42. The van der Waals surface area contributed by atoms with E-state index in [1.807, 2.05) is 13.0 Å². The molecule has 1 aromatic carbocycles. The lowest BCUT2D eigenvalue weighted by Crippen LogP contribution is -1.96. The van der Waals surface area contributed by atoms with Crippen LogP contribution in [0.25, 0.3) is 5.69 Å². The van der Waals surface area contributed by atoms with E-state index in [2.05, 4.69) is 12.2 Å². The number of nitrogens with zero attached hydrogens (tertiary/aromatic N) is 1. The molecule has 3 nitrogen and oxygen atoms in total. The van der Waals surface area contributed by atoms with Gasteiger partial charge in [-0.15, -0.1) is 0 Å². The van der Waals surface area contributed by atoms with Crippen molar-refractivity contribution in [1.82, 2.24) is 4.57 Å². The van der Waals surface area contributed by atoms with E-state index in [-0.39, 0.29) is 23.6 Å². The second-order valence-electron chi connectivity index (χ2n) is 5.58. The van der Waals surface area contributed by atoms with Gasteiger partial charge in [0.25, 0.3) is 0 Å². The molecule has 0 unspecified atom stereocenters. The Morgan fingerprint density at radius 2 is 1.70 bits per heavy atom. The summed E-state index contributed by atoms with van der Waals surface area (Å²) < 4.78 is 1.51. The van der Waals surface area contributed by atoms with Gasteiger partial charge in [0.15, 0.2) is 0 Å². The molecule has 0 saturated carbocycles. The van der Waals surface area contributed by atoms with Crippen molar-refractivity contribution in [2.75, 3.05) is 0 Å². The van der Waals surface area contributed by atoms with Crippen molar-refractivity contribution in [2.24, 2.45) is 0 Å². The Kier molecular flexibility index (Phi) is 2.28. The number of hydrogen-bond acceptors (Lipinski definition) is 2. The van der Waals surface area contributed by atoms with Gasteiger partial charge in [-0.2, -0.15) is 0 Å². The number of fused-ring (bicyclic) bond motifs is 5. The lowest BCUT2D eigenvalue weighted by Gasteiger charge is -2.11. The minimum atomic E-state index is 0.149. The maximum atomic E-state index is 10.5. The zero-order valence-electron chi connectivity index (χ0n) is 11.0. The van der Waals surface area contributed by atoms with Gasteiger partial charge in [0.2, 0.25) is 11.8 Å². The van der Waals surface area contributed by atoms with Crippen LogP contribution in [0.3, 0.4) is 0 Å². The van der Waals surface area contributed by atoms with Crippen LogP contribution in [-0.2, 0) is 0 Å². The highest BCUT2D eigenvalue weighted by molar-refractivity contribution is 6.31. The minimum Gasteiger partial charge on any atom is -0.494 e. The Morgan fingerprint density at radius 3 is 2.25 bits per heavy atom. The first kappa shape index (κ1) is 11.9. The predicted octanol–water partition coefficient (Wildman–Crippen LogP) is 3.99. The quantitative estimate of drug-likeness (QED) is 0.779. The molecule has 2 aliphatic carbocycles. The van der Waals surface area contributed by atoms with Gasteiger partial charge in [-0.3, -0.25) is 4.57 Å². The maximum Gasteiger partial charge on any atom is 0.202 e. The maximum absolute atomic E-state index is 10.5. The largest absolute Gasteiger partial charge is 0.494 e. The Labute approximate surface area is 121 Å². The number of benzene rings is 1. The second kappa shape index (κ2) is 3.83. The number of allylic oxidation sites excluding steroid dienone is 2. The third-order valence-corrected chi connectivity index (χ3v) is 4.84. The summed E-state index contributed by atoms with van der Waals surface area (Å²) in [5.74, 6) is 0.762. The lowest BCUT2D eigenvalue weighted by molar-refractivity contribution is 0.395. The lowest BCUT2D eigenvalue weighted by atomic mass is 10.0. The first-order valence-electron chi connectivity index (χ1n) is 6.69. The molecule has 0 spiro atoms. The van der Waals surface area contributed by atoms with Crippen molar-refractivity contribution in [3.8, 4) is 17.4 Å². The van der Waals surface area contributed by atoms with Crippen LogP contribution >= 0.6 is 11.6 Å². The van der Waals surface area contributed by atoms with Crippen LogP contribution in [0.4, 0.5) is 0 Å². The van der Waals surface area contributed by atoms with Crippen LogP contribution in [0.5, 0.6) is 11.8 Å². The molecule has 0 radical (unpaired) electrons. The van der Waals surface area contributed by atoms with Gasteiger partial charge < -0.3 is 10.2 Å². The van der Waals surface area contributed by atoms with Crippen molar-refractivity contribution in [2.45, 2.75) is 25.2 Å². The minimum absolute atomic E-state index is 0.149. The number of aromatic hydroxyl groups is 2. The average molecular weight is 288 g/mol. The van der Waals surface area contributed by atoms with E-state index in [0.717, 1.165) is 28.8 Å². The molecule has 1 heterocycles. The molecule has 4 rings (SSSR count). The molecule has 20 heavy (non-hydrogen) atoms.